The zero-order valence-electron chi connectivity index (χ0n) is 19.8. The SMILES string of the molecule is COc1cc2c(cc1OC)CN(CCCCNS(=O)(=O)c1ccc(OC(C)C)cc1)CC2.Cl. The van der Waals surface area contributed by atoms with Gasteiger partial charge in [0.05, 0.1) is 25.2 Å². The van der Waals surface area contributed by atoms with Crippen LogP contribution in [0.3, 0.4) is 0 Å². The molecular formula is C24H35ClN2O5S. The van der Waals surface area contributed by atoms with E-state index in [1.807, 2.05) is 13.8 Å². The Morgan fingerprint density at radius 1 is 1.00 bits per heavy atom. The second kappa shape index (κ2) is 12.5. The van der Waals surface area contributed by atoms with Crippen LogP contribution in [0.25, 0.3) is 0 Å². The van der Waals surface area contributed by atoms with Crippen molar-refractivity contribution >= 4 is 22.4 Å². The van der Waals surface area contributed by atoms with Crippen LogP contribution in [0.2, 0.25) is 0 Å². The van der Waals surface area contributed by atoms with E-state index in [-0.39, 0.29) is 23.4 Å². The highest BCUT2D eigenvalue weighted by molar-refractivity contribution is 7.89. The average molecular weight is 499 g/mol. The van der Waals surface area contributed by atoms with Gasteiger partial charge in [0.1, 0.15) is 5.75 Å². The van der Waals surface area contributed by atoms with Crippen molar-refractivity contribution in [1.29, 1.82) is 0 Å². The fourth-order valence-electron chi connectivity index (χ4n) is 3.85. The highest BCUT2D eigenvalue weighted by Gasteiger charge is 2.19. The van der Waals surface area contributed by atoms with E-state index in [4.69, 9.17) is 14.2 Å². The van der Waals surface area contributed by atoms with Crippen LogP contribution in [0.4, 0.5) is 0 Å². The number of unbranched alkanes of at least 4 members (excludes halogenated alkanes) is 1. The standard InChI is InChI=1S/C24H34N2O5S.ClH/c1-18(2)31-21-7-9-22(10-8-21)32(27,28)25-12-5-6-13-26-14-11-19-15-23(29-3)24(30-4)16-20(19)17-26;/h7-10,15-16,18,25H,5-6,11-14,17H2,1-4H3;1H. The third kappa shape index (κ3) is 7.50. The van der Waals surface area contributed by atoms with Crippen molar-refractivity contribution in [3.05, 3.63) is 47.5 Å². The lowest BCUT2D eigenvalue weighted by Gasteiger charge is -2.29. The maximum atomic E-state index is 12.5. The average Bonchev–Trinajstić information content (AvgIpc) is 2.77. The second-order valence-corrected chi connectivity index (χ2v) is 10.0. The van der Waals surface area contributed by atoms with Crippen LogP contribution < -0.4 is 18.9 Å². The molecule has 0 aromatic heterocycles. The van der Waals surface area contributed by atoms with Crippen LogP contribution in [-0.4, -0.2) is 53.3 Å². The van der Waals surface area contributed by atoms with Crippen molar-refractivity contribution in [2.75, 3.05) is 33.9 Å². The molecule has 184 valence electrons. The van der Waals surface area contributed by atoms with E-state index in [2.05, 4.69) is 21.8 Å². The minimum atomic E-state index is -3.51. The number of hydrogen-bond acceptors (Lipinski definition) is 6. The zero-order chi connectivity index (χ0) is 23.1. The summed E-state index contributed by atoms with van der Waals surface area (Å²) in [5, 5.41) is 0. The molecule has 0 saturated heterocycles. The Bertz CT molecular complexity index is 997. The van der Waals surface area contributed by atoms with Crippen LogP contribution >= 0.6 is 12.4 Å². The van der Waals surface area contributed by atoms with Crippen LogP contribution in [0.1, 0.15) is 37.8 Å². The van der Waals surface area contributed by atoms with Crippen LogP contribution in [0, 0.1) is 0 Å². The molecule has 1 heterocycles. The first kappa shape index (κ1) is 27.2. The number of methoxy groups -OCH3 is 2. The van der Waals surface area contributed by atoms with Gasteiger partial charge < -0.3 is 14.2 Å². The van der Waals surface area contributed by atoms with Crippen molar-refractivity contribution in [1.82, 2.24) is 9.62 Å². The van der Waals surface area contributed by atoms with Gasteiger partial charge in [0.15, 0.2) is 11.5 Å². The van der Waals surface area contributed by atoms with E-state index in [1.54, 1.807) is 38.5 Å². The van der Waals surface area contributed by atoms with Gasteiger partial charge >= 0.3 is 0 Å². The summed E-state index contributed by atoms with van der Waals surface area (Å²) >= 11 is 0. The largest absolute Gasteiger partial charge is 0.493 e. The highest BCUT2D eigenvalue weighted by Crippen LogP contribution is 2.33. The van der Waals surface area contributed by atoms with Crippen molar-refractivity contribution in [2.45, 2.75) is 50.7 Å². The highest BCUT2D eigenvalue weighted by atomic mass is 35.5. The maximum absolute atomic E-state index is 12.5. The first-order valence-electron chi connectivity index (χ1n) is 11.0. The lowest BCUT2D eigenvalue weighted by Crippen LogP contribution is -2.32. The van der Waals surface area contributed by atoms with Crippen molar-refractivity contribution in [2.24, 2.45) is 0 Å². The molecule has 0 radical (unpaired) electrons. The Morgan fingerprint density at radius 3 is 2.24 bits per heavy atom. The van der Waals surface area contributed by atoms with Crippen LogP contribution in [0.5, 0.6) is 17.2 Å². The molecular weight excluding hydrogens is 464 g/mol. The summed E-state index contributed by atoms with van der Waals surface area (Å²) in [6.45, 7) is 7.07. The van der Waals surface area contributed by atoms with E-state index in [9.17, 15) is 8.42 Å². The molecule has 3 rings (SSSR count). The Labute approximate surface area is 203 Å². The fourth-order valence-corrected chi connectivity index (χ4v) is 4.93. The number of benzene rings is 2. The summed E-state index contributed by atoms with van der Waals surface area (Å²) in [6, 6.07) is 10.7. The Balaban J connectivity index is 0.00000385. The summed E-state index contributed by atoms with van der Waals surface area (Å²) < 4.78 is 44.1. The number of fused-ring (bicyclic) bond motifs is 1. The molecule has 0 unspecified atom stereocenters. The summed E-state index contributed by atoms with van der Waals surface area (Å²) in [7, 11) is -0.201. The van der Waals surface area contributed by atoms with Gasteiger partial charge in [0.25, 0.3) is 0 Å². The van der Waals surface area contributed by atoms with E-state index in [1.165, 1.54) is 11.1 Å². The van der Waals surface area contributed by atoms with Gasteiger partial charge in [0.2, 0.25) is 10.0 Å². The lowest BCUT2D eigenvalue weighted by molar-refractivity contribution is 0.242. The molecule has 0 bridgehead atoms. The number of rotatable bonds is 11. The first-order chi connectivity index (χ1) is 15.3. The summed E-state index contributed by atoms with van der Waals surface area (Å²) in [5.74, 6) is 2.19. The van der Waals surface area contributed by atoms with Gasteiger partial charge in [-0.05, 0) is 87.2 Å². The number of nitrogens with one attached hydrogen (secondary N) is 1. The number of ether oxygens (including phenoxy) is 3. The maximum Gasteiger partial charge on any atom is 0.240 e. The van der Waals surface area contributed by atoms with Crippen molar-refractivity contribution in [3.63, 3.8) is 0 Å². The number of hydrogen-bond donors (Lipinski definition) is 1. The number of sulfonamides is 1. The molecule has 0 atom stereocenters. The Hall–Kier alpha value is -2.00. The minimum Gasteiger partial charge on any atom is -0.493 e. The van der Waals surface area contributed by atoms with Crippen LogP contribution in [-0.2, 0) is 23.0 Å². The first-order valence-corrected chi connectivity index (χ1v) is 12.5. The molecule has 0 amide bonds. The fraction of sp³-hybridized carbons (Fsp3) is 0.500. The van der Waals surface area contributed by atoms with Gasteiger partial charge in [-0.3, -0.25) is 4.90 Å². The monoisotopic (exact) mass is 498 g/mol. The normalized spacial score (nSPS) is 13.8. The van der Waals surface area contributed by atoms with Gasteiger partial charge in [-0.2, -0.15) is 0 Å². The number of halogens is 1. The van der Waals surface area contributed by atoms with Gasteiger partial charge in [-0.25, -0.2) is 13.1 Å². The third-order valence-electron chi connectivity index (χ3n) is 5.50. The van der Waals surface area contributed by atoms with E-state index >= 15 is 0 Å². The summed E-state index contributed by atoms with van der Waals surface area (Å²) in [6.07, 6.45) is 2.72. The minimum absolute atomic E-state index is 0. The molecule has 2 aromatic carbocycles. The zero-order valence-corrected chi connectivity index (χ0v) is 21.4. The van der Waals surface area contributed by atoms with Gasteiger partial charge in [-0.1, -0.05) is 0 Å². The smallest absolute Gasteiger partial charge is 0.240 e. The van der Waals surface area contributed by atoms with Crippen LogP contribution in [0.15, 0.2) is 41.3 Å². The second-order valence-electron chi connectivity index (χ2n) is 8.24. The predicted molar refractivity (Wildman–Crippen MR) is 132 cm³/mol. The van der Waals surface area contributed by atoms with Crippen molar-refractivity contribution in [3.8, 4) is 17.2 Å². The quantitative estimate of drug-likeness (QED) is 0.471. The molecule has 0 saturated carbocycles. The molecule has 1 aliphatic heterocycles. The third-order valence-corrected chi connectivity index (χ3v) is 6.97. The molecule has 33 heavy (non-hydrogen) atoms. The van der Waals surface area contributed by atoms with E-state index in [0.717, 1.165) is 50.4 Å². The molecule has 1 aliphatic rings. The lowest BCUT2D eigenvalue weighted by atomic mass is 9.98. The van der Waals surface area contributed by atoms with Crippen molar-refractivity contribution < 1.29 is 22.6 Å². The topological polar surface area (TPSA) is 77.1 Å². The van der Waals surface area contributed by atoms with Gasteiger partial charge in [0, 0.05) is 19.6 Å². The molecule has 0 spiro atoms. The summed E-state index contributed by atoms with van der Waals surface area (Å²) in [4.78, 5) is 2.65. The Kier molecular flexibility index (Phi) is 10.3. The van der Waals surface area contributed by atoms with Gasteiger partial charge in [-0.15, -0.1) is 12.4 Å². The predicted octanol–water partition coefficient (Wildman–Crippen LogP) is 4.03. The molecule has 9 heteroatoms. The molecule has 2 aromatic rings. The molecule has 1 N–H and O–H groups in total. The molecule has 0 fully saturated rings. The van der Waals surface area contributed by atoms with E-state index < -0.39 is 10.0 Å². The summed E-state index contributed by atoms with van der Waals surface area (Å²) in [5.41, 5.74) is 2.57. The van der Waals surface area contributed by atoms with E-state index in [0.29, 0.717) is 12.3 Å². The molecule has 7 nitrogen and oxygen atoms in total. The Morgan fingerprint density at radius 2 is 1.64 bits per heavy atom. The number of nitrogens with zero attached hydrogens (tertiary/aromatic N) is 1. The molecule has 0 aliphatic carbocycles.